The fraction of sp³-hybridized carbons (Fsp3) is 0.286. The number of carboxylic acid groups (broad SMARTS) is 1. The Hall–Kier alpha value is -2.14. The Balaban J connectivity index is 2.53. The van der Waals surface area contributed by atoms with Gasteiger partial charge in [-0.05, 0) is 37.5 Å². The number of imidazole rings is 1. The van der Waals surface area contributed by atoms with Gasteiger partial charge in [0.15, 0.2) is 5.69 Å². The number of nitrogens with zero attached hydrogens (tertiary/aromatic N) is 1. The number of benzene rings is 1. The van der Waals surface area contributed by atoms with Crippen molar-refractivity contribution in [3.05, 3.63) is 52.1 Å². The number of rotatable bonds is 3. The first kappa shape index (κ1) is 13.3. The van der Waals surface area contributed by atoms with Gasteiger partial charge in [0.25, 0.3) is 0 Å². The largest absolute Gasteiger partial charge is 0.476 e. The topological polar surface area (TPSA) is 86.2 Å². The summed E-state index contributed by atoms with van der Waals surface area (Å²) in [5.74, 6) is -1.15. The molecule has 1 aromatic carbocycles. The molecule has 2 aromatic rings. The maximum atomic E-state index is 11.0. The molecular formula is C14H16N2O3. The quantitative estimate of drug-likeness (QED) is 0.789. The van der Waals surface area contributed by atoms with Crippen molar-refractivity contribution in [2.75, 3.05) is 0 Å². The van der Waals surface area contributed by atoms with Crippen LogP contribution in [0, 0.1) is 20.8 Å². The Morgan fingerprint density at radius 3 is 2.37 bits per heavy atom. The molecule has 0 aliphatic carbocycles. The van der Waals surface area contributed by atoms with E-state index in [0.29, 0.717) is 0 Å². The minimum atomic E-state index is -1.15. The minimum absolute atomic E-state index is 0.146. The molecule has 1 heterocycles. The van der Waals surface area contributed by atoms with Crippen LogP contribution < -0.4 is 0 Å². The predicted molar refractivity (Wildman–Crippen MR) is 70.3 cm³/mol. The van der Waals surface area contributed by atoms with Crippen LogP contribution in [0.5, 0.6) is 0 Å². The summed E-state index contributed by atoms with van der Waals surface area (Å²) in [6, 6.07) is 3.92. The van der Waals surface area contributed by atoms with Crippen LogP contribution >= 0.6 is 0 Å². The molecule has 0 saturated carbocycles. The molecule has 0 bridgehead atoms. The van der Waals surface area contributed by atoms with Crippen molar-refractivity contribution in [2.24, 2.45) is 0 Å². The lowest BCUT2D eigenvalue weighted by atomic mass is 9.93. The van der Waals surface area contributed by atoms with Crippen LogP contribution in [-0.4, -0.2) is 26.2 Å². The van der Waals surface area contributed by atoms with Crippen LogP contribution in [0.15, 0.2) is 18.5 Å². The highest BCUT2D eigenvalue weighted by Gasteiger charge is 2.23. The van der Waals surface area contributed by atoms with Crippen molar-refractivity contribution >= 4 is 5.97 Å². The molecule has 19 heavy (non-hydrogen) atoms. The lowest BCUT2D eigenvalue weighted by Crippen LogP contribution is -2.10. The number of aliphatic hydroxyl groups excluding tert-OH is 1. The van der Waals surface area contributed by atoms with Gasteiger partial charge in [0.2, 0.25) is 0 Å². The van der Waals surface area contributed by atoms with Crippen molar-refractivity contribution in [3.63, 3.8) is 0 Å². The minimum Gasteiger partial charge on any atom is -0.476 e. The van der Waals surface area contributed by atoms with Gasteiger partial charge in [-0.25, -0.2) is 9.78 Å². The summed E-state index contributed by atoms with van der Waals surface area (Å²) >= 11 is 0. The van der Waals surface area contributed by atoms with E-state index in [1.807, 2.05) is 32.9 Å². The highest BCUT2D eigenvalue weighted by Crippen LogP contribution is 2.29. The number of carboxylic acids is 1. The first-order valence-electron chi connectivity index (χ1n) is 5.94. The zero-order valence-electron chi connectivity index (χ0n) is 11.1. The van der Waals surface area contributed by atoms with E-state index in [-0.39, 0.29) is 11.4 Å². The molecule has 0 fully saturated rings. The molecule has 5 heteroatoms. The van der Waals surface area contributed by atoms with Gasteiger partial charge in [0, 0.05) is 0 Å². The van der Waals surface area contributed by atoms with E-state index in [1.165, 1.54) is 6.33 Å². The third-order valence-electron chi connectivity index (χ3n) is 3.16. The Morgan fingerprint density at radius 2 is 1.84 bits per heavy atom. The Bertz CT molecular complexity index is 608. The van der Waals surface area contributed by atoms with Crippen molar-refractivity contribution in [2.45, 2.75) is 26.9 Å². The molecule has 1 aromatic heterocycles. The van der Waals surface area contributed by atoms with Gasteiger partial charge in [-0.2, -0.15) is 0 Å². The van der Waals surface area contributed by atoms with E-state index in [9.17, 15) is 9.90 Å². The molecule has 3 N–H and O–H groups in total. The molecule has 0 saturated heterocycles. The zero-order chi connectivity index (χ0) is 14.2. The number of aryl methyl sites for hydroxylation is 3. The smallest absolute Gasteiger partial charge is 0.356 e. The van der Waals surface area contributed by atoms with Crippen molar-refractivity contribution in [1.29, 1.82) is 0 Å². The maximum Gasteiger partial charge on any atom is 0.356 e. The molecule has 0 amide bonds. The number of aromatic amines is 1. The Morgan fingerprint density at radius 1 is 1.26 bits per heavy atom. The molecular weight excluding hydrogens is 244 g/mol. The SMILES string of the molecule is Cc1cc(C)c(C(O)c2[nH]cnc2C(=O)O)c(C)c1. The molecule has 0 aliphatic heterocycles. The molecule has 0 radical (unpaired) electrons. The summed E-state index contributed by atoms with van der Waals surface area (Å²) in [5.41, 5.74) is 3.74. The first-order valence-corrected chi connectivity index (χ1v) is 5.94. The number of H-pyrrole nitrogens is 1. The Labute approximate surface area is 110 Å². The number of carbonyl (C=O) groups is 1. The van der Waals surface area contributed by atoms with Gasteiger partial charge in [-0.15, -0.1) is 0 Å². The summed E-state index contributed by atoms with van der Waals surface area (Å²) in [7, 11) is 0. The summed E-state index contributed by atoms with van der Waals surface area (Å²) < 4.78 is 0. The van der Waals surface area contributed by atoms with Crippen LogP contribution in [0.2, 0.25) is 0 Å². The number of nitrogens with one attached hydrogen (secondary N) is 1. The van der Waals surface area contributed by atoms with E-state index in [0.717, 1.165) is 22.3 Å². The normalized spacial score (nSPS) is 12.4. The standard InChI is InChI=1S/C14H16N2O3/c1-7-4-8(2)10(9(3)5-7)13(17)11-12(14(18)19)16-6-15-11/h4-6,13,17H,1-3H3,(H,15,16)(H,18,19). The average molecular weight is 260 g/mol. The predicted octanol–water partition coefficient (Wildman–Crippen LogP) is 2.11. The number of aromatic carboxylic acids is 1. The fourth-order valence-electron chi connectivity index (χ4n) is 2.45. The van der Waals surface area contributed by atoms with Crippen LogP contribution in [0.1, 0.15) is 44.5 Å². The van der Waals surface area contributed by atoms with E-state index in [2.05, 4.69) is 9.97 Å². The number of hydrogen-bond acceptors (Lipinski definition) is 3. The molecule has 0 aliphatic rings. The molecule has 5 nitrogen and oxygen atoms in total. The highest BCUT2D eigenvalue weighted by atomic mass is 16.4. The van der Waals surface area contributed by atoms with Gasteiger partial charge in [0.1, 0.15) is 6.10 Å². The lowest BCUT2D eigenvalue weighted by molar-refractivity contribution is 0.0685. The monoisotopic (exact) mass is 260 g/mol. The average Bonchev–Trinajstić information content (AvgIpc) is 2.75. The van der Waals surface area contributed by atoms with Crippen LogP contribution in [0.4, 0.5) is 0 Å². The second kappa shape index (κ2) is 4.85. The van der Waals surface area contributed by atoms with Gasteiger partial charge < -0.3 is 15.2 Å². The van der Waals surface area contributed by atoms with Gasteiger partial charge in [-0.3, -0.25) is 0 Å². The van der Waals surface area contributed by atoms with E-state index in [4.69, 9.17) is 5.11 Å². The summed E-state index contributed by atoms with van der Waals surface area (Å²) in [6.07, 6.45) is 0.259. The first-order chi connectivity index (χ1) is 8.91. The van der Waals surface area contributed by atoms with Gasteiger partial charge in [-0.1, -0.05) is 17.7 Å². The zero-order valence-corrected chi connectivity index (χ0v) is 11.1. The highest BCUT2D eigenvalue weighted by molar-refractivity contribution is 5.87. The summed E-state index contributed by atoms with van der Waals surface area (Å²) in [5, 5.41) is 19.5. The lowest BCUT2D eigenvalue weighted by Gasteiger charge is -2.17. The van der Waals surface area contributed by atoms with Gasteiger partial charge in [0.05, 0.1) is 12.0 Å². The van der Waals surface area contributed by atoms with Crippen LogP contribution in [0.3, 0.4) is 0 Å². The number of hydrogen-bond donors (Lipinski definition) is 3. The molecule has 100 valence electrons. The third kappa shape index (κ3) is 2.37. The van der Waals surface area contributed by atoms with Crippen molar-refractivity contribution in [1.82, 2.24) is 9.97 Å². The number of aliphatic hydroxyl groups is 1. The maximum absolute atomic E-state index is 11.0. The molecule has 2 rings (SSSR count). The van der Waals surface area contributed by atoms with E-state index >= 15 is 0 Å². The van der Waals surface area contributed by atoms with Gasteiger partial charge >= 0.3 is 5.97 Å². The number of aromatic nitrogens is 2. The third-order valence-corrected chi connectivity index (χ3v) is 3.16. The molecule has 0 spiro atoms. The second-order valence-corrected chi connectivity index (χ2v) is 4.68. The van der Waals surface area contributed by atoms with Crippen LogP contribution in [0.25, 0.3) is 0 Å². The summed E-state index contributed by atoms with van der Waals surface area (Å²) in [4.78, 5) is 17.5. The van der Waals surface area contributed by atoms with Crippen LogP contribution in [-0.2, 0) is 0 Å². The molecule has 1 unspecified atom stereocenters. The Kier molecular flexibility index (Phi) is 3.40. The van der Waals surface area contributed by atoms with Crippen molar-refractivity contribution in [3.8, 4) is 0 Å². The summed E-state index contributed by atoms with van der Waals surface area (Å²) in [6.45, 7) is 5.78. The van der Waals surface area contributed by atoms with Crippen molar-refractivity contribution < 1.29 is 15.0 Å². The second-order valence-electron chi connectivity index (χ2n) is 4.68. The van der Waals surface area contributed by atoms with E-state index < -0.39 is 12.1 Å². The molecule has 1 atom stereocenters. The van der Waals surface area contributed by atoms with E-state index in [1.54, 1.807) is 0 Å². The fourth-order valence-corrected chi connectivity index (χ4v) is 2.45.